The fourth-order valence-corrected chi connectivity index (χ4v) is 1.90. The van der Waals surface area contributed by atoms with Gasteiger partial charge in [-0.3, -0.25) is 4.79 Å². The monoisotopic (exact) mass is 306 g/mol. The predicted molar refractivity (Wildman–Crippen MR) is 74.2 cm³/mol. The summed E-state index contributed by atoms with van der Waals surface area (Å²) in [7, 11) is 0. The number of anilines is 2. The molecule has 0 spiro atoms. The number of benzene rings is 1. The third-order valence-corrected chi connectivity index (χ3v) is 3.00. The molecule has 0 heterocycles. The van der Waals surface area contributed by atoms with Crippen LogP contribution in [-0.2, 0) is 4.79 Å². The highest BCUT2D eigenvalue weighted by Gasteiger charge is 2.48. The maximum Gasteiger partial charge on any atom is 0.383 e. The van der Waals surface area contributed by atoms with Crippen LogP contribution >= 0.6 is 0 Å². The van der Waals surface area contributed by atoms with Gasteiger partial charge in [0.2, 0.25) is 0 Å². The van der Waals surface area contributed by atoms with E-state index in [1.54, 1.807) is 17.4 Å². The van der Waals surface area contributed by atoms with Crippen molar-refractivity contribution in [1.29, 1.82) is 0 Å². The number of rotatable bonds is 6. The molecule has 1 rings (SSSR count). The summed E-state index contributed by atoms with van der Waals surface area (Å²) in [6, 6.07) is 6.33. The molecule has 3 nitrogen and oxygen atoms in total. The molecule has 1 aromatic rings. The first-order valence-electron chi connectivity index (χ1n) is 6.54. The number of hydrogen-bond donors (Lipinski definition) is 1. The van der Waals surface area contributed by atoms with E-state index in [4.69, 9.17) is 0 Å². The van der Waals surface area contributed by atoms with E-state index in [-0.39, 0.29) is 11.7 Å². The second-order valence-electron chi connectivity index (χ2n) is 4.80. The molecule has 0 atom stereocenters. The molecule has 0 aliphatic carbocycles. The van der Waals surface area contributed by atoms with Gasteiger partial charge in [0.05, 0.1) is 0 Å². The van der Waals surface area contributed by atoms with Crippen molar-refractivity contribution in [2.75, 3.05) is 16.8 Å². The zero-order valence-electron chi connectivity index (χ0n) is 12.0. The molecule has 0 aliphatic rings. The largest absolute Gasteiger partial charge is 0.383 e. The van der Waals surface area contributed by atoms with E-state index in [1.165, 1.54) is 12.1 Å². The maximum atomic E-state index is 12.8. The molecule has 0 radical (unpaired) electrons. The van der Waals surface area contributed by atoms with Gasteiger partial charge in [0.1, 0.15) is 0 Å². The van der Waals surface area contributed by atoms with Gasteiger partial charge in [-0.15, -0.1) is 0 Å². The van der Waals surface area contributed by atoms with Gasteiger partial charge < -0.3 is 10.2 Å². The Hall–Kier alpha value is -1.79. The van der Waals surface area contributed by atoms with Crippen LogP contribution in [0, 0.1) is 0 Å². The third-order valence-electron chi connectivity index (χ3n) is 3.00. The minimum Gasteiger partial charge on any atom is -0.369 e. The van der Waals surface area contributed by atoms with Gasteiger partial charge in [0.15, 0.2) is 0 Å². The first kappa shape index (κ1) is 17.3. The molecule has 0 unspecified atom stereocenters. The maximum absolute atomic E-state index is 12.8. The topological polar surface area (TPSA) is 32.3 Å². The molecule has 0 aromatic heterocycles. The summed E-state index contributed by atoms with van der Waals surface area (Å²) in [5.74, 6) is -6.71. The van der Waals surface area contributed by atoms with Gasteiger partial charge in [-0.2, -0.15) is 8.78 Å². The lowest BCUT2D eigenvalue weighted by Crippen LogP contribution is -2.41. The van der Waals surface area contributed by atoms with Gasteiger partial charge in [-0.05, 0) is 45.0 Å². The Kier molecular flexibility index (Phi) is 5.57. The van der Waals surface area contributed by atoms with Gasteiger partial charge >= 0.3 is 18.3 Å². The van der Waals surface area contributed by atoms with Gasteiger partial charge in [0, 0.05) is 24.0 Å². The van der Waals surface area contributed by atoms with Crippen LogP contribution in [0.3, 0.4) is 0 Å². The first-order valence-corrected chi connectivity index (χ1v) is 6.54. The minimum atomic E-state index is -4.70. The number of carbonyl (C=O) groups excluding carboxylic acids is 1. The summed E-state index contributed by atoms with van der Waals surface area (Å²) in [5, 5.41) is 1.79. The average Bonchev–Trinajstić information content (AvgIpc) is 2.40. The molecule has 1 amide bonds. The summed E-state index contributed by atoms with van der Waals surface area (Å²) in [4.78, 5) is 13.2. The Bertz CT molecular complexity index is 474. The van der Waals surface area contributed by atoms with Crippen molar-refractivity contribution in [3.05, 3.63) is 24.3 Å². The van der Waals surface area contributed by atoms with Crippen molar-refractivity contribution in [2.24, 2.45) is 0 Å². The van der Waals surface area contributed by atoms with Crippen molar-refractivity contribution >= 4 is 17.3 Å². The van der Waals surface area contributed by atoms with Gasteiger partial charge in [-0.25, -0.2) is 8.78 Å². The van der Waals surface area contributed by atoms with Crippen LogP contribution in [-0.4, -0.2) is 30.8 Å². The molecule has 0 bridgehead atoms. The van der Waals surface area contributed by atoms with E-state index < -0.39 is 18.3 Å². The molecule has 7 heteroatoms. The second-order valence-corrected chi connectivity index (χ2v) is 4.80. The zero-order valence-corrected chi connectivity index (χ0v) is 12.0. The van der Waals surface area contributed by atoms with E-state index in [0.717, 1.165) is 12.2 Å². The minimum absolute atomic E-state index is 0.0453. The van der Waals surface area contributed by atoms with Crippen LogP contribution < -0.4 is 10.2 Å². The fraction of sp³-hybridized carbons (Fsp3) is 0.500. The van der Waals surface area contributed by atoms with E-state index in [9.17, 15) is 22.4 Å². The van der Waals surface area contributed by atoms with E-state index in [1.807, 2.05) is 20.8 Å². The van der Waals surface area contributed by atoms with Crippen molar-refractivity contribution in [1.82, 2.24) is 0 Å². The highest BCUT2D eigenvalue weighted by atomic mass is 19.3. The summed E-state index contributed by atoms with van der Waals surface area (Å²) >= 11 is 0. The van der Waals surface area contributed by atoms with Crippen molar-refractivity contribution < 1.29 is 22.4 Å². The molecule has 0 saturated heterocycles. The number of alkyl halides is 4. The number of carbonyl (C=O) groups is 1. The zero-order chi connectivity index (χ0) is 16.2. The van der Waals surface area contributed by atoms with Crippen LogP contribution in [0.1, 0.15) is 20.8 Å². The Morgan fingerprint density at radius 3 is 2.14 bits per heavy atom. The Balaban J connectivity index is 2.82. The van der Waals surface area contributed by atoms with Crippen molar-refractivity contribution in [3.8, 4) is 0 Å². The van der Waals surface area contributed by atoms with Crippen LogP contribution in [0.15, 0.2) is 24.3 Å². The lowest BCUT2D eigenvalue weighted by molar-refractivity contribution is -0.163. The number of nitrogens with zero attached hydrogens (tertiary/aromatic N) is 1. The lowest BCUT2D eigenvalue weighted by atomic mass is 10.2. The Morgan fingerprint density at radius 2 is 1.76 bits per heavy atom. The average molecular weight is 306 g/mol. The molecular weight excluding hydrogens is 288 g/mol. The Morgan fingerprint density at radius 1 is 1.24 bits per heavy atom. The van der Waals surface area contributed by atoms with Gasteiger partial charge in [-0.1, -0.05) is 0 Å². The number of hydrogen-bond acceptors (Lipinski definition) is 2. The van der Waals surface area contributed by atoms with Crippen LogP contribution in [0.25, 0.3) is 0 Å². The van der Waals surface area contributed by atoms with Gasteiger partial charge in [0.25, 0.3) is 0 Å². The highest BCUT2D eigenvalue weighted by molar-refractivity contribution is 5.96. The molecule has 21 heavy (non-hydrogen) atoms. The molecule has 0 aliphatic heterocycles. The molecular formula is C14H18F4N2O. The van der Waals surface area contributed by atoms with Crippen LogP contribution in [0.4, 0.5) is 28.9 Å². The number of halogens is 4. The normalized spacial score (nSPS) is 11.9. The quantitative estimate of drug-likeness (QED) is 0.812. The van der Waals surface area contributed by atoms with E-state index >= 15 is 0 Å². The standard InChI is InChI=1S/C14H18F4N2O/c1-4-20(9(2)3)11-7-5-10(6-8-11)19-13(21)14(17,18)12(15)16/h5-9,12H,4H2,1-3H3,(H,19,21). The summed E-state index contributed by atoms with van der Waals surface area (Å²) in [6.45, 7) is 6.73. The van der Waals surface area contributed by atoms with E-state index in [2.05, 4.69) is 4.90 Å². The van der Waals surface area contributed by atoms with Crippen LogP contribution in [0.2, 0.25) is 0 Å². The number of nitrogens with one attached hydrogen (secondary N) is 1. The molecule has 1 aromatic carbocycles. The fourth-order valence-electron chi connectivity index (χ4n) is 1.90. The highest BCUT2D eigenvalue weighted by Crippen LogP contribution is 2.26. The third kappa shape index (κ3) is 4.09. The number of amides is 1. The summed E-state index contributed by atoms with van der Waals surface area (Å²) in [6.07, 6.45) is -4.03. The predicted octanol–water partition coefficient (Wildman–Crippen LogP) is 3.76. The second kappa shape index (κ2) is 6.78. The summed E-state index contributed by atoms with van der Waals surface area (Å²) in [5.41, 5.74) is 0.898. The van der Waals surface area contributed by atoms with Crippen molar-refractivity contribution in [2.45, 2.75) is 39.2 Å². The first-order chi connectivity index (χ1) is 9.70. The smallest absolute Gasteiger partial charge is 0.369 e. The SMILES string of the molecule is CCN(c1ccc(NC(=O)C(F)(F)C(F)F)cc1)C(C)C. The summed E-state index contributed by atoms with van der Waals surface area (Å²) < 4.78 is 49.8. The molecule has 1 N–H and O–H groups in total. The molecule has 118 valence electrons. The lowest BCUT2D eigenvalue weighted by Gasteiger charge is -2.27. The van der Waals surface area contributed by atoms with Crippen molar-refractivity contribution in [3.63, 3.8) is 0 Å². The molecule has 0 fully saturated rings. The Labute approximate surface area is 120 Å². The van der Waals surface area contributed by atoms with Crippen LogP contribution in [0.5, 0.6) is 0 Å². The van der Waals surface area contributed by atoms with E-state index in [0.29, 0.717) is 0 Å². The molecule has 0 saturated carbocycles.